The second kappa shape index (κ2) is 5.99. The molecule has 0 aromatic heterocycles. The molecule has 1 aliphatic carbocycles. The van der Waals surface area contributed by atoms with E-state index in [1.54, 1.807) is 0 Å². The van der Waals surface area contributed by atoms with Crippen LogP contribution in [0.5, 0.6) is 0 Å². The minimum atomic E-state index is 0.163. The molecule has 0 heterocycles. The van der Waals surface area contributed by atoms with Crippen molar-refractivity contribution in [1.29, 1.82) is 0 Å². The van der Waals surface area contributed by atoms with E-state index in [0.29, 0.717) is 0 Å². The van der Waals surface area contributed by atoms with Gasteiger partial charge < -0.3 is 5.73 Å². The average Bonchev–Trinajstić information content (AvgIpc) is 2.89. The van der Waals surface area contributed by atoms with Crippen LogP contribution >= 0.6 is 11.6 Å². The molecule has 0 spiro atoms. The molecule has 3 rings (SSSR count). The summed E-state index contributed by atoms with van der Waals surface area (Å²) in [6, 6.07) is 15.0. The van der Waals surface area contributed by atoms with E-state index < -0.39 is 0 Å². The highest BCUT2D eigenvalue weighted by molar-refractivity contribution is 6.30. The fourth-order valence-corrected chi connectivity index (χ4v) is 3.18. The van der Waals surface area contributed by atoms with Crippen LogP contribution in [0, 0.1) is 0 Å². The Morgan fingerprint density at radius 2 is 1.55 bits per heavy atom. The molecule has 2 N–H and O–H groups in total. The number of benzene rings is 2. The summed E-state index contributed by atoms with van der Waals surface area (Å²) in [7, 11) is 0. The van der Waals surface area contributed by atoms with Crippen molar-refractivity contribution in [1.82, 2.24) is 0 Å². The Bertz CT molecular complexity index is 589. The first-order valence-corrected chi connectivity index (χ1v) is 7.69. The molecule has 2 aromatic carbocycles. The van der Waals surface area contributed by atoms with Gasteiger partial charge in [-0.15, -0.1) is 0 Å². The SMILES string of the molecule is NC(Cc1ccc(Cl)cc1)Cc1ccc2c(c1)CCC2. The zero-order chi connectivity index (χ0) is 13.9. The van der Waals surface area contributed by atoms with Crippen LogP contribution in [0.25, 0.3) is 0 Å². The van der Waals surface area contributed by atoms with E-state index in [-0.39, 0.29) is 6.04 Å². The lowest BCUT2D eigenvalue weighted by Crippen LogP contribution is -2.25. The Morgan fingerprint density at radius 3 is 2.35 bits per heavy atom. The second-order valence-corrected chi connectivity index (χ2v) is 6.19. The normalized spacial score (nSPS) is 15.1. The lowest BCUT2D eigenvalue weighted by molar-refractivity contribution is 0.664. The molecule has 1 aliphatic rings. The smallest absolute Gasteiger partial charge is 0.0406 e. The maximum atomic E-state index is 6.29. The summed E-state index contributed by atoms with van der Waals surface area (Å²) in [6.45, 7) is 0. The van der Waals surface area contributed by atoms with Gasteiger partial charge >= 0.3 is 0 Å². The van der Waals surface area contributed by atoms with E-state index in [1.807, 2.05) is 12.1 Å². The third-order valence-corrected chi connectivity index (χ3v) is 4.32. The highest BCUT2D eigenvalue weighted by Gasteiger charge is 2.12. The first-order valence-electron chi connectivity index (χ1n) is 7.31. The summed E-state index contributed by atoms with van der Waals surface area (Å²) in [6.07, 6.45) is 5.61. The second-order valence-electron chi connectivity index (χ2n) is 5.75. The summed E-state index contributed by atoms with van der Waals surface area (Å²) < 4.78 is 0. The van der Waals surface area contributed by atoms with Crippen molar-refractivity contribution in [2.45, 2.75) is 38.1 Å². The van der Waals surface area contributed by atoms with Crippen molar-refractivity contribution in [3.8, 4) is 0 Å². The van der Waals surface area contributed by atoms with E-state index in [9.17, 15) is 0 Å². The molecular formula is C18H20ClN. The van der Waals surface area contributed by atoms with E-state index in [0.717, 1.165) is 17.9 Å². The van der Waals surface area contributed by atoms with Crippen molar-refractivity contribution in [3.05, 3.63) is 69.7 Å². The highest BCUT2D eigenvalue weighted by Crippen LogP contribution is 2.23. The zero-order valence-corrected chi connectivity index (χ0v) is 12.4. The van der Waals surface area contributed by atoms with E-state index in [4.69, 9.17) is 17.3 Å². The Balaban J connectivity index is 1.63. The Morgan fingerprint density at radius 1 is 0.900 bits per heavy atom. The van der Waals surface area contributed by atoms with Crippen LogP contribution in [-0.4, -0.2) is 6.04 Å². The molecule has 1 nitrogen and oxygen atoms in total. The van der Waals surface area contributed by atoms with Crippen LogP contribution in [0.4, 0.5) is 0 Å². The van der Waals surface area contributed by atoms with Crippen LogP contribution in [0.15, 0.2) is 42.5 Å². The van der Waals surface area contributed by atoms with Crippen LogP contribution < -0.4 is 5.73 Å². The predicted octanol–water partition coefficient (Wildman–Crippen LogP) is 3.94. The molecule has 0 saturated heterocycles. The molecule has 2 heteroatoms. The lowest BCUT2D eigenvalue weighted by Gasteiger charge is -2.13. The van der Waals surface area contributed by atoms with Crippen LogP contribution in [0.3, 0.4) is 0 Å². The maximum absolute atomic E-state index is 6.29. The minimum Gasteiger partial charge on any atom is -0.327 e. The van der Waals surface area contributed by atoms with Gasteiger partial charge in [0.25, 0.3) is 0 Å². The maximum Gasteiger partial charge on any atom is 0.0406 e. The summed E-state index contributed by atoms with van der Waals surface area (Å²) in [5.74, 6) is 0. The monoisotopic (exact) mass is 285 g/mol. The molecule has 0 amide bonds. The van der Waals surface area contributed by atoms with Crippen molar-refractivity contribution < 1.29 is 0 Å². The van der Waals surface area contributed by atoms with Crippen molar-refractivity contribution in [3.63, 3.8) is 0 Å². The van der Waals surface area contributed by atoms with Gasteiger partial charge in [0.05, 0.1) is 0 Å². The molecule has 0 bridgehead atoms. The fourth-order valence-electron chi connectivity index (χ4n) is 3.05. The number of aryl methyl sites for hydroxylation is 2. The number of hydrogen-bond acceptors (Lipinski definition) is 1. The van der Waals surface area contributed by atoms with Crippen molar-refractivity contribution >= 4 is 11.6 Å². The third kappa shape index (κ3) is 3.23. The van der Waals surface area contributed by atoms with E-state index in [1.165, 1.54) is 41.5 Å². The van der Waals surface area contributed by atoms with Gasteiger partial charge in [-0.1, -0.05) is 41.9 Å². The molecule has 0 saturated carbocycles. The van der Waals surface area contributed by atoms with Crippen LogP contribution in [0.2, 0.25) is 5.02 Å². The van der Waals surface area contributed by atoms with E-state index >= 15 is 0 Å². The molecule has 0 aliphatic heterocycles. The first kappa shape index (κ1) is 13.7. The predicted molar refractivity (Wildman–Crippen MR) is 85.3 cm³/mol. The topological polar surface area (TPSA) is 26.0 Å². The molecule has 1 atom stereocenters. The summed E-state index contributed by atoms with van der Waals surface area (Å²) in [5, 5.41) is 0.779. The van der Waals surface area contributed by atoms with Crippen molar-refractivity contribution in [2.24, 2.45) is 5.73 Å². The Hall–Kier alpha value is -1.31. The number of rotatable bonds is 4. The van der Waals surface area contributed by atoms with Gasteiger partial charge in [0.15, 0.2) is 0 Å². The molecule has 2 aromatic rings. The summed E-state index contributed by atoms with van der Waals surface area (Å²) in [5.41, 5.74) is 12.0. The molecular weight excluding hydrogens is 266 g/mol. The molecule has 20 heavy (non-hydrogen) atoms. The number of fused-ring (bicyclic) bond motifs is 1. The molecule has 1 unspecified atom stereocenters. The summed E-state index contributed by atoms with van der Waals surface area (Å²) in [4.78, 5) is 0. The molecule has 104 valence electrons. The standard InChI is InChI=1S/C18H20ClN/c19-17-8-5-13(6-9-17)11-18(20)12-14-4-7-15-2-1-3-16(15)10-14/h4-10,18H,1-3,11-12,20H2. The quantitative estimate of drug-likeness (QED) is 0.905. The van der Waals surface area contributed by atoms with Gasteiger partial charge in [0.1, 0.15) is 0 Å². The number of nitrogens with two attached hydrogens (primary N) is 1. The highest BCUT2D eigenvalue weighted by atomic mass is 35.5. The Labute approximate surface area is 125 Å². The van der Waals surface area contributed by atoms with Gasteiger partial charge in [-0.05, 0) is 66.5 Å². The lowest BCUT2D eigenvalue weighted by atomic mass is 9.97. The van der Waals surface area contributed by atoms with Crippen LogP contribution in [0.1, 0.15) is 28.7 Å². The van der Waals surface area contributed by atoms with Gasteiger partial charge in [-0.3, -0.25) is 0 Å². The van der Waals surface area contributed by atoms with Crippen LogP contribution in [-0.2, 0) is 25.7 Å². The minimum absolute atomic E-state index is 0.163. The third-order valence-electron chi connectivity index (χ3n) is 4.07. The zero-order valence-electron chi connectivity index (χ0n) is 11.6. The van der Waals surface area contributed by atoms with Gasteiger partial charge in [-0.2, -0.15) is 0 Å². The molecule has 0 radical (unpaired) electrons. The number of hydrogen-bond donors (Lipinski definition) is 1. The van der Waals surface area contributed by atoms with Gasteiger partial charge in [0.2, 0.25) is 0 Å². The van der Waals surface area contributed by atoms with E-state index in [2.05, 4.69) is 30.3 Å². The largest absolute Gasteiger partial charge is 0.327 e. The van der Waals surface area contributed by atoms with Crippen molar-refractivity contribution in [2.75, 3.05) is 0 Å². The molecule has 0 fully saturated rings. The average molecular weight is 286 g/mol. The van der Waals surface area contributed by atoms with Gasteiger partial charge in [0, 0.05) is 11.1 Å². The fraction of sp³-hybridized carbons (Fsp3) is 0.333. The summed E-state index contributed by atoms with van der Waals surface area (Å²) >= 11 is 5.90. The first-order chi connectivity index (χ1) is 9.70. The Kier molecular flexibility index (Phi) is 4.09. The van der Waals surface area contributed by atoms with Gasteiger partial charge in [-0.25, -0.2) is 0 Å². The number of halogens is 1.